The molecule has 2 fully saturated rings. The number of nitrogens with zero attached hydrogens (tertiary/aromatic N) is 3. The van der Waals surface area contributed by atoms with Crippen LogP contribution in [0.25, 0.3) is 0 Å². The summed E-state index contributed by atoms with van der Waals surface area (Å²) in [5.74, 6) is 0.339. The van der Waals surface area contributed by atoms with E-state index in [2.05, 4.69) is 4.90 Å². The van der Waals surface area contributed by atoms with E-state index in [4.69, 9.17) is 5.73 Å². The molecule has 0 radical (unpaired) electrons. The minimum atomic E-state index is -0.255. The van der Waals surface area contributed by atoms with Crippen LogP contribution in [0, 0.1) is 5.41 Å². The van der Waals surface area contributed by atoms with Gasteiger partial charge in [-0.3, -0.25) is 14.5 Å². The Morgan fingerprint density at radius 2 is 1.85 bits per heavy atom. The first kappa shape index (κ1) is 15.3. The zero-order valence-corrected chi connectivity index (χ0v) is 12.6. The van der Waals surface area contributed by atoms with Gasteiger partial charge < -0.3 is 15.5 Å². The van der Waals surface area contributed by atoms with E-state index in [0.717, 1.165) is 38.9 Å². The number of likely N-dealkylation sites (N-methyl/N-ethyl adjacent to an activating group) is 1. The Bertz CT molecular complexity index is 379. The first-order valence-electron chi connectivity index (χ1n) is 7.40. The van der Waals surface area contributed by atoms with E-state index in [1.165, 1.54) is 0 Å². The predicted molar refractivity (Wildman–Crippen MR) is 77.1 cm³/mol. The molecule has 0 spiro atoms. The molecule has 1 aliphatic carbocycles. The van der Waals surface area contributed by atoms with Gasteiger partial charge in [-0.2, -0.15) is 0 Å². The van der Waals surface area contributed by atoms with Gasteiger partial charge in [0.1, 0.15) is 0 Å². The van der Waals surface area contributed by atoms with Gasteiger partial charge in [-0.15, -0.1) is 0 Å². The van der Waals surface area contributed by atoms with Crippen molar-refractivity contribution in [3.05, 3.63) is 0 Å². The lowest BCUT2D eigenvalue weighted by molar-refractivity contribution is -0.136. The molecule has 114 valence electrons. The van der Waals surface area contributed by atoms with Gasteiger partial charge in [-0.05, 0) is 19.3 Å². The van der Waals surface area contributed by atoms with Crippen molar-refractivity contribution in [2.24, 2.45) is 11.1 Å². The molecule has 1 saturated heterocycles. The quantitative estimate of drug-likeness (QED) is 0.744. The summed E-state index contributed by atoms with van der Waals surface area (Å²) in [5.41, 5.74) is 5.48. The normalized spacial score (nSPS) is 22.2. The molecule has 6 nitrogen and oxygen atoms in total. The van der Waals surface area contributed by atoms with E-state index in [1.54, 1.807) is 19.0 Å². The molecule has 2 N–H and O–H groups in total. The molecule has 0 bridgehead atoms. The Hall–Kier alpha value is -1.14. The average molecular weight is 282 g/mol. The van der Waals surface area contributed by atoms with Gasteiger partial charge in [0.2, 0.25) is 11.8 Å². The smallest absolute Gasteiger partial charge is 0.236 e. The van der Waals surface area contributed by atoms with Gasteiger partial charge in [0.05, 0.1) is 12.0 Å². The van der Waals surface area contributed by atoms with Gasteiger partial charge in [-0.1, -0.05) is 0 Å². The van der Waals surface area contributed by atoms with Crippen LogP contribution in [0.2, 0.25) is 0 Å². The fourth-order valence-electron chi connectivity index (χ4n) is 2.66. The summed E-state index contributed by atoms with van der Waals surface area (Å²) in [4.78, 5) is 29.9. The van der Waals surface area contributed by atoms with Crippen LogP contribution in [-0.4, -0.2) is 79.9 Å². The summed E-state index contributed by atoms with van der Waals surface area (Å²) in [6, 6.07) is 0. The topological polar surface area (TPSA) is 69.9 Å². The van der Waals surface area contributed by atoms with Crippen LogP contribution in [0.1, 0.15) is 19.3 Å². The Morgan fingerprint density at radius 3 is 2.40 bits per heavy atom. The van der Waals surface area contributed by atoms with Crippen molar-refractivity contribution >= 4 is 11.8 Å². The first-order valence-corrected chi connectivity index (χ1v) is 7.40. The highest BCUT2D eigenvalue weighted by molar-refractivity contribution is 5.85. The SMILES string of the molecule is CN(C)C(=O)CN1CCCN(C(=O)C2(CN)CC2)CC1. The third-order valence-corrected chi connectivity index (χ3v) is 4.43. The molecule has 2 rings (SSSR count). The molecule has 2 amide bonds. The summed E-state index contributed by atoms with van der Waals surface area (Å²) >= 11 is 0. The molecule has 6 heteroatoms. The average Bonchev–Trinajstić information content (AvgIpc) is 3.23. The minimum absolute atomic E-state index is 0.116. The molecular weight excluding hydrogens is 256 g/mol. The Balaban J connectivity index is 1.86. The van der Waals surface area contributed by atoms with Crippen LogP contribution in [0.5, 0.6) is 0 Å². The van der Waals surface area contributed by atoms with Crippen LogP contribution in [0.4, 0.5) is 0 Å². The molecule has 1 saturated carbocycles. The summed E-state index contributed by atoms with van der Waals surface area (Å²) in [6.45, 7) is 4.04. The molecule has 20 heavy (non-hydrogen) atoms. The van der Waals surface area contributed by atoms with E-state index >= 15 is 0 Å². The number of rotatable bonds is 4. The lowest BCUT2D eigenvalue weighted by atomic mass is 10.1. The number of hydrogen-bond donors (Lipinski definition) is 1. The zero-order chi connectivity index (χ0) is 14.8. The molecule has 0 aromatic carbocycles. The lowest BCUT2D eigenvalue weighted by Gasteiger charge is -2.25. The third kappa shape index (κ3) is 3.30. The van der Waals surface area contributed by atoms with E-state index < -0.39 is 0 Å². The summed E-state index contributed by atoms with van der Waals surface area (Å²) in [6.07, 6.45) is 2.79. The minimum Gasteiger partial charge on any atom is -0.348 e. The van der Waals surface area contributed by atoms with Crippen molar-refractivity contribution in [3.8, 4) is 0 Å². The largest absolute Gasteiger partial charge is 0.348 e. The zero-order valence-electron chi connectivity index (χ0n) is 12.6. The van der Waals surface area contributed by atoms with E-state index in [0.29, 0.717) is 19.6 Å². The molecular formula is C14H26N4O2. The molecule has 0 aromatic rings. The summed E-state index contributed by atoms with van der Waals surface area (Å²) in [7, 11) is 3.54. The maximum atomic E-state index is 12.5. The van der Waals surface area contributed by atoms with Gasteiger partial charge >= 0.3 is 0 Å². The van der Waals surface area contributed by atoms with Crippen LogP contribution in [0.15, 0.2) is 0 Å². The molecule has 0 unspecified atom stereocenters. The number of carbonyl (C=O) groups is 2. The third-order valence-electron chi connectivity index (χ3n) is 4.43. The molecule has 0 aromatic heterocycles. The highest BCUT2D eigenvalue weighted by Crippen LogP contribution is 2.46. The summed E-state index contributed by atoms with van der Waals surface area (Å²) < 4.78 is 0. The van der Waals surface area contributed by atoms with Crippen LogP contribution >= 0.6 is 0 Å². The van der Waals surface area contributed by atoms with E-state index in [9.17, 15) is 9.59 Å². The first-order chi connectivity index (χ1) is 9.48. The van der Waals surface area contributed by atoms with Crippen molar-refractivity contribution in [1.82, 2.24) is 14.7 Å². The predicted octanol–water partition coefficient (Wildman–Crippen LogP) is -0.652. The van der Waals surface area contributed by atoms with Crippen molar-refractivity contribution in [3.63, 3.8) is 0 Å². The van der Waals surface area contributed by atoms with Crippen molar-refractivity contribution in [2.75, 3.05) is 53.4 Å². The Labute approximate surface area is 120 Å². The Kier molecular flexibility index (Phi) is 4.65. The maximum absolute atomic E-state index is 12.5. The second kappa shape index (κ2) is 6.10. The highest BCUT2D eigenvalue weighted by Gasteiger charge is 2.50. The van der Waals surface area contributed by atoms with Gasteiger partial charge in [0.25, 0.3) is 0 Å². The summed E-state index contributed by atoms with van der Waals surface area (Å²) in [5, 5.41) is 0. The standard InChI is InChI=1S/C14H26N4O2/c1-16(2)12(19)10-17-6-3-7-18(9-8-17)13(20)14(11-15)4-5-14/h3-11,15H2,1-2H3. The van der Waals surface area contributed by atoms with Gasteiger partial charge in [0.15, 0.2) is 0 Å². The highest BCUT2D eigenvalue weighted by atomic mass is 16.2. The van der Waals surface area contributed by atoms with Crippen molar-refractivity contribution in [2.45, 2.75) is 19.3 Å². The van der Waals surface area contributed by atoms with Crippen molar-refractivity contribution in [1.29, 1.82) is 0 Å². The number of carbonyl (C=O) groups excluding carboxylic acids is 2. The van der Waals surface area contributed by atoms with Crippen LogP contribution < -0.4 is 5.73 Å². The number of hydrogen-bond acceptors (Lipinski definition) is 4. The molecule has 0 atom stereocenters. The Morgan fingerprint density at radius 1 is 1.15 bits per heavy atom. The second-order valence-corrected chi connectivity index (χ2v) is 6.19. The molecule has 2 aliphatic rings. The van der Waals surface area contributed by atoms with Gasteiger partial charge in [-0.25, -0.2) is 0 Å². The monoisotopic (exact) mass is 282 g/mol. The van der Waals surface area contributed by atoms with E-state index in [1.807, 2.05) is 4.90 Å². The fourth-order valence-corrected chi connectivity index (χ4v) is 2.66. The van der Waals surface area contributed by atoms with E-state index in [-0.39, 0.29) is 17.2 Å². The van der Waals surface area contributed by atoms with Crippen LogP contribution in [0.3, 0.4) is 0 Å². The second-order valence-electron chi connectivity index (χ2n) is 6.19. The number of nitrogens with two attached hydrogens (primary N) is 1. The van der Waals surface area contributed by atoms with Gasteiger partial charge in [0, 0.05) is 46.8 Å². The molecule has 1 aliphatic heterocycles. The molecule has 1 heterocycles. The fraction of sp³-hybridized carbons (Fsp3) is 0.857. The maximum Gasteiger partial charge on any atom is 0.236 e. The lowest BCUT2D eigenvalue weighted by Crippen LogP contribution is -2.43. The number of amides is 2. The van der Waals surface area contributed by atoms with Crippen LogP contribution in [-0.2, 0) is 9.59 Å². The van der Waals surface area contributed by atoms with Crippen molar-refractivity contribution < 1.29 is 9.59 Å².